The van der Waals surface area contributed by atoms with Crippen LogP contribution in [0.4, 0.5) is 0 Å². The van der Waals surface area contributed by atoms with Crippen LogP contribution in [0, 0.1) is 5.41 Å². The van der Waals surface area contributed by atoms with Crippen molar-refractivity contribution in [3.63, 3.8) is 0 Å². The summed E-state index contributed by atoms with van der Waals surface area (Å²) in [7, 11) is 0. The van der Waals surface area contributed by atoms with Crippen molar-refractivity contribution in [1.82, 2.24) is 0 Å². The minimum absolute atomic E-state index is 0.111. The fourth-order valence-electron chi connectivity index (χ4n) is 0.556. The van der Waals surface area contributed by atoms with Gasteiger partial charge in [-0.1, -0.05) is 0 Å². The molecule has 4 nitrogen and oxygen atoms in total. The van der Waals surface area contributed by atoms with Crippen LogP contribution in [0.25, 0.3) is 0 Å². The van der Waals surface area contributed by atoms with E-state index in [1.807, 2.05) is 0 Å². The second kappa shape index (κ2) is 3.79. The Balaban J connectivity index is 3.82. The Labute approximate surface area is 55.6 Å². The predicted octanol–water partition coefficient (Wildman–Crippen LogP) is -2.91. The SMILES string of the molecule is NCC(CN)(CN)C[NH3+]. The molecule has 56 valence electrons. The second-order valence-electron chi connectivity index (χ2n) is 2.36. The Morgan fingerprint density at radius 1 is 1.00 bits per heavy atom. The van der Waals surface area contributed by atoms with Crippen LogP contribution in [-0.4, -0.2) is 26.2 Å². The molecule has 0 aliphatic heterocycles. The summed E-state index contributed by atoms with van der Waals surface area (Å²) >= 11 is 0. The van der Waals surface area contributed by atoms with Crippen LogP contribution in [-0.2, 0) is 0 Å². The Hall–Kier alpha value is -0.160. The maximum atomic E-state index is 5.44. The number of hydrogen-bond acceptors (Lipinski definition) is 3. The first-order chi connectivity index (χ1) is 4.24. The van der Waals surface area contributed by atoms with E-state index in [4.69, 9.17) is 17.2 Å². The van der Waals surface area contributed by atoms with Gasteiger partial charge in [-0.05, 0) is 0 Å². The normalized spacial score (nSPS) is 12.0. The maximum absolute atomic E-state index is 5.44. The maximum Gasteiger partial charge on any atom is 0.0833 e. The Kier molecular flexibility index (Phi) is 3.72. The van der Waals surface area contributed by atoms with Crippen LogP contribution >= 0.6 is 0 Å². The van der Waals surface area contributed by atoms with Gasteiger partial charge in [-0.25, -0.2) is 0 Å². The summed E-state index contributed by atoms with van der Waals surface area (Å²) in [6.45, 7) is 2.31. The van der Waals surface area contributed by atoms with E-state index in [-0.39, 0.29) is 5.41 Å². The Bertz CT molecular complexity index is 51.8. The topological polar surface area (TPSA) is 106 Å². The van der Waals surface area contributed by atoms with Gasteiger partial charge in [-0.3, -0.25) is 0 Å². The minimum atomic E-state index is -0.111. The van der Waals surface area contributed by atoms with E-state index in [1.54, 1.807) is 0 Å². The first-order valence-electron chi connectivity index (χ1n) is 3.14. The van der Waals surface area contributed by atoms with E-state index in [1.165, 1.54) is 0 Å². The quantitative estimate of drug-likeness (QED) is 0.330. The summed E-state index contributed by atoms with van der Waals surface area (Å²) in [6, 6.07) is 0. The Morgan fingerprint density at radius 2 is 1.33 bits per heavy atom. The van der Waals surface area contributed by atoms with Crippen molar-refractivity contribution in [2.75, 3.05) is 26.2 Å². The molecule has 0 fully saturated rings. The van der Waals surface area contributed by atoms with Gasteiger partial charge in [-0.15, -0.1) is 0 Å². The molecule has 0 radical (unpaired) electrons. The van der Waals surface area contributed by atoms with E-state index in [2.05, 4.69) is 5.73 Å². The molecule has 0 unspecified atom stereocenters. The highest BCUT2D eigenvalue weighted by Crippen LogP contribution is 2.06. The van der Waals surface area contributed by atoms with Crippen LogP contribution in [0.5, 0.6) is 0 Å². The molecule has 9 heavy (non-hydrogen) atoms. The average molecular weight is 133 g/mol. The first-order valence-corrected chi connectivity index (χ1v) is 3.14. The summed E-state index contributed by atoms with van der Waals surface area (Å²) < 4.78 is 0. The van der Waals surface area contributed by atoms with Crippen molar-refractivity contribution >= 4 is 0 Å². The van der Waals surface area contributed by atoms with Crippen LogP contribution in [0.15, 0.2) is 0 Å². The molecule has 4 heteroatoms. The van der Waals surface area contributed by atoms with Crippen LogP contribution in [0.2, 0.25) is 0 Å². The zero-order chi connectivity index (χ0) is 7.33. The second-order valence-corrected chi connectivity index (χ2v) is 2.36. The lowest BCUT2D eigenvalue weighted by Crippen LogP contribution is -2.64. The van der Waals surface area contributed by atoms with E-state index in [0.717, 1.165) is 6.54 Å². The molecule has 0 heterocycles. The van der Waals surface area contributed by atoms with Crippen molar-refractivity contribution in [3.8, 4) is 0 Å². The fraction of sp³-hybridized carbons (Fsp3) is 1.00. The lowest BCUT2D eigenvalue weighted by Gasteiger charge is -2.24. The zero-order valence-corrected chi connectivity index (χ0v) is 5.77. The number of nitrogens with two attached hydrogens (primary N) is 3. The van der Waals surface area contributed by atoms with Gasteiger partial charge >= 0.3 is 0 Å². The van der Waals surface area contributed by atoms with E-state index >= 15 is 0 Å². The third kappa shape index (κ3) is 1.91. The molecule has 0 saturated heterocycles. The van der Waals surface area contributed by atoms with Crippen LogP contribution in [0.3, 0.4) is 0 Å². The Morgan fingerprint density at radius 3 is 1.33 bits per heavy atom. The molecule has 0 saturated carbocycles. The third-order valence-electron chi connectivity index (χ3n) is 1.83. The monoisotopic (exact) mass is 133 g/mol. The standard InChI is InChI=1S/C5H16N4/c6-1-5(2-7,3-8)4-9/h1-4,6-9H2/p+1. The molecule has 0 aromatic carbocycles. The van der Waals surface area contributed by atoms with Crippen molar-refractivity contribution in [2.24, 2.45) is 22.6 Å². The van der Waals surface area contributed by atoms with E-state index < -0.39 is 0 Å². The molecule has 9 N–H and O–H groups in total. The largest absolute Gasteiger partial charge is 0.357 e. The molecule has 0 rings (SSSR count). The molecule has 0 aromatic rings. The third-order valence-corrected chi connectivity index (χ3v) is 1.83. The molecular formula is C5H17N4+. The van der Waals surface area contributed by atoms with Crippen LogP contribution < -0.4 is 22.9 Å². The number of quaternary nitrogens is 1. The zero-order valence-electron chi connectivity index (χ0n) is 5.77. The number of hydrogen-bond donors (Lipinski definition) is 4. The van der Waals surface area contributed by atoms with Gasteiger partial charge in [0.15, 0.2) is 0 Å². The molecular weight excluding hydrogens is 116 g/mol. The average Bonchev–Trinajstić information content (AvgIpc) is 1.95. The smallest absolute Gasteiger partial charge is 0.0833 e. The lowest BCUT2D eigenvalue weighted by molar-refractivity contribution is -0.389. The summed E-state index contributed by atoms with van der Waals surface area (Å²) in [5.41, 5.74) is 19.9. The molecule has 0 atom stereocenters. The minimum Gasteiger partial charge on any atom is -0.357 e. The molecule has 0 amide bonds. The summed E-state index contributed by atoms with van der Waals surface area (Å²) in [4.78, 5) is 0. The summed E-state index contributed by atoms with van der Waals surface area (Å²) in [5, 5.41) is 0. The molecule has 0 aliphatic carbocycles. The van der Waals surface area contributed by atoms with Gasteiger partial charge in [0, 0.05) is 19.6 Å². The first kappa shape index (κ1) is 8.84. The number of rotatable bonds is 4. The highest BCUT2D eigenvalue weighted by molar-refractivity contribution is 4.80. The van der Waals surface area contributed by atoms with Crippen molar-refractivity contribution in [3.05, 3.63) is 0 Å². The summed E-state index contributed by atoms with van der Waals surface area (Å²) in [6.07, 6.45) is 0. The van der Waals surface area contributed by atoms with Gasteiger partial charge in [-0.2, -0.15) is 0 Å². The predicted molar refractivity (Wildman–Crippen MR) is 37.4 cm³/mol. The van der Waals surface area contributed by atoms with Gasteiger partial charge in [0.25, 0.3) is 0 Å². The van der Waals surface area contributed by atoms with Crippen molar-refractivity contribution in [1.29, 1.82) is 0 Å². The van der Waals surface area contributed by atoms with Crippen molar-refractivity contribution in [2.45, 2.75) is 0 Å². The molecule has 0 bridgehead atoms. The van der Waals surface area contributed by atoms with Gasteiger partial charge in [0.1, 0.15) is 0 Å². The highest BCUT2D eigenvalue weighted by Gasteiger charge is 2.25. The summed E-state index contributed by atoms with van der Waals surface area (Å²) in [5.74, 6) is 0. The van der Waals surface area contributed by atoms with Crippen molar-refractivity contribution < 1.29 is 5.73 Å². The molecule has 0 aromatic heterocycles. The molecule has 0 aliphatic rings. The van der Waals surface area contributed by atoms with Gasteiger partial charge in [0.2, 0.25) is 0 Å². The van der Waals surface area contributed by atoms with Gasteiger partial charge < -0.3 is 22.9 Å². The van der Waals surface area contributed by atoms with Crippen LogP contribution in [0.1, 0.15) is 0 Å². The molecule has 0 spiro atoms. The van der Waals surface area contributed by atoms with Gasteiger partial charge in [0.05, 0.1) is 12.0 Å². The fourth-order valence-corrected chi connectivity index (χ4v) is 0.556. The van der Waals surface area contributed by atoms with E-state index in [0.29, 0.717) is 19.6 Å². The van der Waals surface area contributed by atoms with E-state index in [9.17, 15) is 0 Å². The lowest BCUT2D eigenvalue weighted by atomic mass is 9.89. The highest BCUT2D eigenvalue weighted by atomic mass is 14.8.